The van der Waals surface area contributed by atoms with Crippen LogP contribution in [0.4, 0.5) is 0 Å². The molecule has 3 nitrogen and oxygen atoms in total. The zero-order chi connectivity index (χ0) is 7.82. The molecule has 0 bridgehead atoms. The lowest BCUT2D eigenvalue weighted by atomic mass is 10.2. The van der Waals surface area contributed by atoms with Gasteiger partial charge in [0.1, 0.15) is 0 Å². The standard InChI is InChI=1S/C7H19N3/c1-7(10-6-8)4-3-5-9-2/h7,9-10H,3-6,8H2,1-2H3/t7-/m0/s1. The number of hydrogen-bond acceptors (Lipinski definition) is 3. The van der Waals surface area contributed by atoms with Crippen LogP contribution >= 0.6 is 0 Å². The van der Waals surface area contributed by atoms with E-state index >= 15 is 0 Å². The molecule has 0 aliphatic rings. The van der Waals surface area contributed by atoms with Gasteiger partial charge in [0.2, 0.25) is 0 Å². The highest BCUT2D eigenvalue weighted by molar-refractivity contribution is 4.58. The van der Waals surface area contributed by atoms with Gasteiger partial charge in [-0.25, -0.2) is 0 Å². The van der Waals surface area contributed by atoms with Gasteiger partial charge in [0, 0.05) is 12.7 Å². The molecule has 0 aromatic carbocycles. The first-order valence-electron chi connectivity index (χ1n) is 3.89. The van der Waals surface area contributed by atoms with E-state index in [9.17, 15) is 0 Å². The highest BCUT2D eigenvalue weighted by atomic mass is 15.0. The second-order valence-electron chi connectivity index (χ2n) is 2.56. The van der Waals surface area contributed by atoms with Crippen LogP contribution < -0.4 is 16.4 Å². The minimum atomic E-state index is 0.554. The van der Waals surface area contributed by atoms with Gasteiger partial charge in [0.05, 0.1) is 0 Å². The third kappa shape index (κ3) is 6.01. The summed E-state index contributed by atoms with van der Waals surface area (Å²) in [6.07, 6.45) is 2.41. The zero-order valence-electron chi connectivity index (χ0n) is 6.98. The minimum absolute atomic E-state index is 0.554. The number of hydrogen-bond donors (Lipinski definition) is 3. The van der Waals surface area contributed by atoms with Crippen LogP contribution in [0.2, 0.25) is 0 Å². The summed E-state index contributed by atoms with van der Waals surface area (Å²) < 4.78 is 0. The molecule has 0 rings (SSSR count). The third-order valence-electron chi connectivity index (χ3n) is 1.53. The Balaban J connectivity index is 2.97. The Morgan fingerprint density at radius 2 is 2.20 bits per heavy atom. The van der Waals surface area contributed by atoms with Crippen molar-refractivity contribution < 1.29 is 0 Å². The Labute approximate surface area is 63.4 Å². The maximum absolute atomic E-state index is 5.31. The lowest BCUT2D eigenvalue weighted by Gasteiger charge is -2.10. The predicted molar refractivity (Wildman–Crippen MR) is 44.8 cm³/mol. The zero-order valence-corrected chi connectivity index (χ0v) is 6.98. The average Bonchev–Trinajstić information content (AvgIpc) is 1.89. The van der Waals surface area contributed by atoms with Gasteiger partial charge in [-0.3, -0.25) is 0 Å². The molecular weight excluding hydrogens is 126 g/mol. The van der Waals surface area contributed by atoms with Crippen LogP contribution in [0.1, 0.15) is 19.8 Å². The molecule has 4 N–H and O–H groups in total. The first-order chi connectivity index (χ1) is 4.81. The molecule has 0 unspecified atom stereocenters. The lowest BCUT2D eigenvalue weighted by molar-refractivity contribution is 0.501. The Kier molecular flexibility index (Phi) is 6.91. The molecule has 0 aromatic heterocycles. The second-order valence-corrected chi connectivity index (χ2v) is 2.56. The smallest absolute Gasteiger partial charge is 0.0430 e. The molecule has 1 atom stereocenters. The van der Waals surface area contributed by atoms with Crippen LogP contribution in [-0.2, 0) is 0 Å². The quantitative estimate of drug-likeness (QED) is 0.361. The molecule has 3 heteroatoms. The highest BCUT2D eigenvalue weighted by Crippen LogP contribution is 1.93. The second kappa shape index (κ2) is 6.99. The number of nitrogens with one attached hydrogen (secondary N) is 2. The van der Waals surface area contributed by atoms with E-state index in [2.05, 4.69) is 17.6 Å². The van der Waals surface area contributed by atoms with E-state index in [1.165, 1.54) is 12.8 Å². The van der Waals surface area contributed by atoms with Crippen LogP contribution in [0, 0.1) is 0 Å². The van der Waals surface area contributed by atoms with E-state index in [0.29, 0.717) is 12.7 Å². The van der Waals surface area contributed by atoms with Crippen LogP contribution in [0.3, 0.4) is 0 Å². The van der Waals surface area contributed by atoms with Gasteiger partial charge >= 0.3 is 0 Å². The Morgan fingerprint density at radius 3 is 2.70 bits per heavy atom. The van der Waals surface area contributed by atoms with Crippen molar-refractivity contribution in [1.82, 2.24) is 10.6 Å². The van der Waals surface area contributed by atoms with Crippen molar-refractivity contribution in [1.29, 1.82) is 0 Å². The van der Waals surface area contributed by atoms with Crippen LogP contribution in [0.5, 0.6) is 0 Å². The predicted octanol–water partition coefficient (Wildman–Crippen LogP) is -0.120. The Morgan fingerprint density at radius 1 is 1.50 bits per heavy atom. The van der Waals surface area contributed by atoms with Gasteiger partial charge in [-0.1, -0.05) is 0 Å². The van der Waals surface area contributed by atoms with Crippen LogP contribution in [0.15, 0.2) is 0 Å². The molecule has 0 fully saturated rings. The van der Waals surface area contributed by atoms with Gasteiger partial charge in [-0.2, -0.15) is 0 Å². The van der Waals surface area contributed by atoms with Crippen LogP contribution in [-0.4, -0.2) is 26.3 Å². The molecular formula is C7H19N3. The highest BCUT2D eigenvalue weighted by Gasteiger charge is 1.96. The summed E-state index contributed by atoms with van der Waals surface area (Å²) in [5, 5.41) is 6.26. The van der Waals surface area contributed by atoms with Gasteiger partial charge in [0.25, 0.3) is 0 Å². The van der Waals surface area contributed by atoms with Gasteiger partial charge < -0.3 is 16.4 Å². The lowest BCUT2D eigenvalue weighted by Crippen LogP contribution is -2.31. The van der Waals surface area contributed by atoms with E-state index in [1.54, 1.807) is 0 Å². The van der Waals surface area contributed by atoms with Gasteiger partial charge in [0.15, 0.2) is 0 Å². The topological polar surface area (TPSA) is 50.1 Å². The van der Waals surface area contributed by atoms with E-state index in [4.69, 9.17) is 5.73 Å². The normalized spacial score (nSPS) is 13.5. The molecule has 0 amide bonds. The minimum Gasteiger partial charge on any atom is -0.320 e. The first-order valence-corrected chi connectivity index (χ1v) is 3.89. The first kappa shape index (κ1) is 9.88. The van der Waals surface area contributed by atoms with E-state index in [0.717, 1.165) is 6.54 Å². The monoisotopic (exact) mass is 145 g/mol. The van der Waals surface area contributed by atoms with Crippen molar-refractivity contribution >= 4 is 0 Å². The van der Waals surface area contributed by atoms with Crippen molar-refractivity contribution in [3.05, 3.63) is 0 Å². The maximum Gasteiger partial charge on any atom is 0.0430 e. The van der Waals surface area contributed by atoms with Crippen molar-refractivity contribution in [3.63, 3.8) is 0 Å². The third-order valence-corrected chi connectivity index (χ3v) is 1.53. The summed E-state index contributed by atoms with van der Waals surface area (Å²) in [6.45, 7) is 3.83. The molecule has 0 spiro atoms. The fraction of sp³-hybridized carbons (Fsp3) is 1.00. The molecule has 10 heavy (non-hydrogen) atoms. The Hall–Kier alpha value is -0.120. The summed E-state index contributed by atoms with van der Waals surface area (Å²) in [7, 11) is 1.97. The number of nitrogens with two attached hydrogens (primary N) is 1. The number of rotatable bonds is 6. The molecule has 0 aliphatic heterocycles. The summed E-state index contributed by atoms with van der Waals surface area (Å²) >= 11 is 0. The molecule has 0 aliphatic carbocycles. The largest absolute Gasteiger partial charge is 0.320 e. The summed E-state index contributed by atoms with van der Waals surface area (Å²) in [5.41, 5.74) is 5.31. The summed E-state index contributed by atoms with van der Waals surface area (Å²) in [5.74, 6) is 0. The molecule has 0 aromatic rings. The van der Waals surface area contributed by atoms with E-state index in [1.807, 2.05) is 7.05 Å². The van der Waals surface area contributed by atoms with Crippen molar-refractivity contribution in [2.24, 2.45) is 5.73 Å². The van der Waals surface area contributed by atoms with Gasteiger partial charge in [-0.15, -0.1) is 0 Å². The molecule has 0 saturated carbocycles. The average molecular weight is 145 g/mol. The van der Waals surface area contributed by atoms with Crippen molar-refractivity contribution in [2.45, 2.75) is 25.8 Å². The fourth-order valence-corrected chi connectivity index (χ4v) is 0.888. The van der Waals surface area contributed by atoms with Crippen LogP contribution in [0.25, 0.3) is 0 Å². The SMILES string of the molecule is CNCCC[C@H](C)NCN. The van der Waals surface area contributed by atoms with E-state index in [-0.39, 0.29) is 0 Å². The fourth-order valence-electron chi connectivity index (χ4n) is 0.888. The van der Waals surface area contributed by atoms with Crippen molar-refractivity contribution in [2.75, 3.05) is 20.3 Å². The van der Waals surface area contributed by atoms with Gasteiger partial charge in [-0.05, 0) is 33.4 Å². The summed E-state index contributed by atoms with van der Waals surface area (Å²) in [4.78, 5) is 0. The molecule has 0 saturated heterocycles. The summed E-state index contributed by atoms with van der Waals surface area (Å²) in [6, 6.07) is 0.554. The Bertz CT molecular complexity index is 65.9. The van der Waals surface area contributed by atoms with Crippen molar-refractivity contribution in [3.8, 4) is 0 Å². The molecule has 62 valence electrons. The molecule has 0 heterocycles. The van der Waals surface area contributed by atoms with E-state index < -0.39 is 0 Å². The molecule has 0 radical (unpaired) electrons. The maximum atomic E-state index is 5.31.